The molecule has 0 atom stereocenters. The van der Waals surface area contributed by atoms with Crippen molar-refractivity contribution in [2.75, 3.05) is 0 Å². The van der Waals surface area contributed by atoms with Crippen LogP contribution in [-0.4, -0.2) is 24.7 Å². The Hall–Kier alpha value is -1.65. The van der Waals surface area contributed by atoms with Gasteiger partial charge in [-0.05, 0) is 15.9 Å². The standard InChI is InChI=1S/C9H7BrN2O6S/c10-8-7(3-6(18-8)9(13)14)19(15,16)11-4-5-1-2-17-12-5/h1-3,11H,4H2,(H,13,14). The summed E-state index contributed by atoms with van der Waals surface area (Å²) in [6, 6.07) is 2.41. The fraction of sp³-hybridized carbons (Fsp3) is 0.111. The van der Waals surface area contributed by atoms with Crippen LogP contribution in [0, 0.1) is 0 Å². The molecule has 2 heterocycles. The Morgan fingerprint density at radius 2 is 2.26 bits per heavy atom. The normalized spacial score (nSPS) is 11.6. The average molecular weight is 351 g/mol. The highest BCUT2D eigenvalue weighted by Gasteiger charge is 2.24. The highest BCUT2D eigenvalue weighted by atomic mass is 79.9. The highest BCUT2D eigenvalue weighted by Crippen LogP contribution is 2.26. The van der Waals surface area contributed by atoms with Gasteiger partial charge in [-0.1, -0.05) is 5.16 Å². The molecule has 2 rings (SSSR count). The summed E-state index contributed by atoms with van der Waals surface area (Å²) in [5.41, 5.74) is 0.390. The number of hydrogen-bond acceptors (Lipinski definition) is 6. The second-order valence-electron chi connectivity index (χ2n) is 3.37. The molecule has 0 aliphatic carbocycles. The van der Waals surface area contributed by atoms with Gasteiger partial charge in [-0.3, -0.25) is 0 Å². The molecular weight excluding hydrogens is 344 g/mol. The summed E-state index contributed by atoms with van der Waals surface area (Å²) in [6.07, 6.45) is 1.31. The van der Waals surface area contributed by atoms with Crippen molar-refractivity contribution < 1.29 is 27.3 Å². The van der Waals surface area contributed by atoms with Gasteiger partial charge in [0.1, 0.15) is 11.2 Å². The van der Waals surface area contributed by atoms with Crippen molar-refractivity contribution in [1.29, 1.82) is 0 Å². The number of sulfonamides is 1. The van der Waals surface area contributed by atoms with Crippen LogP contribution in [0.25, 0.3) is 0 Å². The van der Waals surface area contributed by atoms with Gasteiger partial charge in [0.15, 0.2) is 4.67 Å². The molecular formula is C9H7BrN2O6S. The Morgan fingerprint density at radius 1 is 1.53 bits per heavy atom. The van der Waals surface area contributed by atoms with E-state index in [4.69, 9.17) is 9.52 Å². The molecule has 2 aromatic rings. The maximum atomic E-state index is 11.9. The van der Waals surface area contributed by atoms with Crippen LogP contribution in [0.4, 0.5) is 0 Å². The molecule has 0 saturated carbocycles. The molecule has 10 heteroatoms. The zero-order chi connectivity index (χ0) is 14.0. The second-order valence-corrected chi connectivity index (χ2v) is 5.82. The van der Waals surface area contributed by atoms with Gasteiger partial charge in [0.25, 0.3) is 0 Å². The molecule has 0 bridgehead atoms. The Kier molecular flexibility index (Phi) is 3.73. The van der Waals surface area contributed by atoms with E-state index in [2.05, 4.69) is 30.3 Å². The minimum absolute atomic E-state index is 0.0845. The summed E-state index contributed by atoms with van der Waals surface area (Å²) in [5.74, 6) is -1.84. The molecule has 0 aromatic carbocycles. The maximum absolute atomic E-state index is 11.9. The van der Waals surface area contributed by atoms with Crippen LogP contribution in [0.15, 0.2) is 36.9 Å². The molecule has 0 aliphatic rings. The molecule has 0 fully saturated rings. The highest BCUT2D eigenvalue weighted by molar-refractivity contribution is 9.10. The number of halogens is 1. The fourth-order valence-corrected chi connectivity index (χ4v) is 3.15. The smallest absolute Gasteiger partial charge is 0.371 e. The van der Waals surface area contributed by atoms with Crippen molar-refractivity contribution in [2.45, 2.75) is 11.4 Å². The first-order chi connectivity index (χ1) is 8.90. The van der Waals surface area contributed by atoms with Crippen LogP contribution in [0.3, 0.4) is 0 Å². The van der Waals surface area contributed by atoms with Crippen LogP contribution in [0.5, 0.6) is 0 Å². The van der Waals surface area contributed by atoms with E-state index in [0.29, 0.717) is 5.69 Å². The van der Waals surface area contributed by atoms with E-state index in [1.54, 1.807) is 0 Å². The predicted molar refractivity (Wildman–Crippen MR) is 63.9 cm³/mol. The third kappa shape index (κ3) is 3.03. The largest absolute Gasteiger partial charge is 0.475 e. The molecule has 0 aliphatic heterocycles. The monoisotopic (exact) mass is 350 g/mol. The Labute approximate surface area is 115 Å². The molecule has 0 saturated heterocycles. The van der Waals surface area contributed by atoms with E-state index >= 15 is 0 Å². The van der Waals surface area contributed by atoms with E-state index < -0.39 is 21.8 Å². The van der Waals surface area contributed by atoms with Crippen molar-refractivity contribution in [3.05, 3.63) is 34.5 Å². The van der Waals surface area contributed by atoms with Crippen LogP contribution < -0.4 is 4.72 Å². The first-order valence-electron chi connectivity index (χ1n) is 4.81. The SMILES string of the molecule is O=C(O)c1cc(S(=O)(=O)NCc2ccon2)c(Br)o1. The number of furan rings is 1. The number of rotatable bonds is 5. The lowest BCUT2D eigenvalue weighted by Crippen LogP contribution is -2.23. The van der Waals surface area contributed by atoms with Gasteiger partial charge >= 0.3 is 5.97 Å². The quantitative estimate of drug-likeness (QED) is 0.830. The Balaban J connectivity index is 2.22. The number of aromatic carboxylic acids is 1. The number of carboxylic acid groups (broad SMARTS) is 1. The second kappa shape index (κ2) is 5.15. The van der Waals surface area contributed by atoms with E-state index in [1.165, 1.54) is 12.3 Å². The molecule has 0 radical (unpaired) electrons. The molecule has 102 valence electrons. The van der Waals surface area contributed by atoms with Gasteiger partial charge in [-0.2, -0.15) is 0 Å². The van der Waals surface area contributed by atoms with Gasteiger partial charge in [-0.15, -0.1) is 0 Å². The van der Waals surface area contributed by atoms with E-state index in [1.807, 2.05) is 0 Å². The third-order valence-electron chi connectivity index (χ3n) is 2.09. The number of nitrogens with one attached hydrogen (secondary N) is 1. The van der Waals surface area contributed by atoms with Crippen molar-refractivity contribution in [3.8, 4) is 0 Å². The Morgan fingerprint density at radius 3 is 2.79 bits per heavy atom. The van der Waals surface area contributed by atoms with Gasteiger partial charge in [0.05, 0.1) is 12.2 Å². The summed E-state index contributed by atoms with van der Waals surface area (Å²) < 4.78 is 35.2. The van der Waals surface area contributed by atoms with E-state index in [9.17, 15) is 13.2 Å². The van der Waals surface area contributed by atoms with Crippen molar-refractivity contribution in [1.82, 2.24) is 9.88 Å². The van der Waals surface area contributed by atoms with Crippen molar-refractivity contribution in [3.63, 3.8) is 0 Å². The number of nitrogens with zero attached hydrogens (tertiary/aromatic N) is 1. The third-order valence-corrected chi connectivity index (χ3v) is 4.35. The summed E-state index contributed by atoms with van der Waals surface area (Å²) in [7, 11) is -3.92. The van der Waals surface area contributed by atoms with Crippen molar-refractivity contribution in [2.24, 2.45) is 0 Å². The van der Waals surface area contributed by atoms with E-state index in [0.717, 1.165) is 6.07 Å². The number of aromatic nitrogens is 1. The lowest BCUT2D eigenvalue weighted by molar-refractivity contribution is 0.0661. The molecule has 19 heavy (non-hydrogen) atoms. The molecule has 8 nitrogen and oxygen atoms in total. The lowest BCUT2D eigenvalue weighted by atomic mass is 10.4. The van der Waals surface area contributed by atoms with Crippen LogP contribution >= 0.6 is 15.9 Å². The lowest BCUT2D eigenvalue weighted by Gasteiger charge is -2.02. The maximum Gasteiger partial charge on any atom is 0.371 e. The summed E-state index contributed by atoms with van der Waals surface area (Å²) in [4.78, 5) is 10.4. The van der Waals surface area contributed by atoms with Crippen molar-refractivity contribution >= 4 is 31.9 Å². The van der Waals surface area contributed by atoms with Crippen LogP contribution in [0.2, 0.25) is 0 Å². The van der Waals surface area contributed by atoms with Gasteiger partial charge in [0, 0.05) is 12.1 Å². The first-order valence-corrected chi connectivity index (χ1v) is 7.09. The molecule has 2 N–H and O–H groups in total. The molecule has 2 aromatic heterocycles. The zero-order valence-corrected chi connectivity index (χ0v) is 11.6. The van der Waals surface area contributed by atoms with Gasteiger partial charge < -0.3 is 14.0 Å². The summed E-state index contributed by atoms with van der Waals surface area (Å²) in [5, 5.41) is 12.3. The molecule has 0 amide bonds. The van der Waals surface area contributed by atoms with E-state index in [-0.39, 0.29) is 16.1 Å². The predicted octanol–water partition coefficient (Wildman–Crippen LogP) is 1.21. The van der Waals surface area contributed by atoms with Gasteiger partial charge in [-0.25, -0.2) is 17.9 Å². The summed E-state index contributed by atoms with van der Waals surface area (Å²) >= 11 is 2.86. The number of carboxylic acids is 1. The number of hydrogen-bond donors (Lipinski definition) is 2. The first kappa shape index (κ1) is 13.8. The van der Waals surface area contributed by atoms with Crippen LogP contribution in [0.1, 0.15) is 16.2 Å². The minimum Gasteiger partial charge on any atom is -0.475 e. The molecule has 0 unspecified atom stereocenters. The number of carbonyl (C=O) groups is 1. The molecule has 0 spiro atoms. The minimum atomic E-state index is -3.92. The van der Waals surface area contributed by atoms with Gasteiger partial charge in [0.2, 0.25) is 15.8 Å². The Bertz CT molecular complexity index is 690. The fourth-order valence-electron chi connectivity index (χ4n) is 1.22. The average Bonchev–Trinajstić information content (AvgIpc) is 2.95. The van der Waals surface area contributed by atoms with Crippen LogP contribution in [-0.2, 0) is 16.6 Å². The topological polar surface area (TPSA) is 123 Å². The zero-order valence-electron chi connectivity index (χ0n) is 9.16. The summed E-state index contributed by atoms with van der Waals surface area (Å²) in [6.45, 7) is -0.0845.